The van der Waals surface area contributed by atoms with Gasteiger partial charge >= 0.3 is 0 Å². The highest BCUT2D eigenvalue weighted by Gasteiger charge is 2.32. The van der Waals surface area contributed by atoms with Gasteiger partial charge in [0.2, 0.25) is 0 Å². The van der Waals surface area contributed by atoms with E-state index in [1.807, 2.05) is 48.5 Å². The first kappa shape index (κ1) is 18.0. The van der Waals surface area contributed by atoms with Gasteiger partial charge in [-0.3, -0.25) is 4.79 Å². The summed E-state index contributed by atoms with van der Waals surface area (Å²) in [5, 5.41) is 3.35. The third kappa shape index (κ3) is 3.45. The molecule has 0 radical (unpaired) electrons. The molecule has 3 aromatic carbocycles. The molecule has 1 aliphatic rings. The Kier molecular flexibility index (Phi) is 4.90. The van der Waals surface area contributed by atoms with Gasteiger partial charge in [-0.2, -0.15) is 0 Å². The Morgan fingerprint density at radius 1 is 0.926 bits per heavy atom. The lowest BCUT2D eigenvalue weighted by atomic mass is 9.75. The number of hydrogen-bond donors (Lipinski definition) is 0. The van der Waals surface area contributed by atoms with Crippen LogP contribution >= 0.6 is 0 Å². The fourth-order valence-electron chi connectivity index (χ4n) is 4.60. The van der Waals surface area contributed by atoms with E-state index in [4.69, 9.17) is 4.74 Å². The maximum atomic E-state index is 13.1. The largest absolute Gasteiger partial charge is 0.489 e. The molecule has 1 fully saturated rings. The van der Waals surface area contributed by atoms with Crippen molar-refractivity contribution in [2.24, 2.45) is 17.8 Å². The second-order valence-electron chi connectivity index (χ2n) is 8.45. The Hall–Kier alpha value is -2.35. The van der Waals surface area contributed by atoms with Crippen LogP contribution in [-0.2, 0) is 0 Å². The van der Waals surface area contributed by atoms with E-state index in [0.29, 0.717) is 17.8 Å². The van der Waals surface area contributed by atoms with E-state index in [0.717, 1.165) is 33.7 Å². The van der Waals surface area contributed by atoms with E-state index in [9.17, 15) is 4.79 Å². The quantitative estimate of drug-likeness (QED) is 0.556. The van der Waals surface area contributed by atoms with Crippen LogP contribution in [0.5, 0.6) is 5.75 Å². The van der Waals surface area contributed by atoms with Crippen molar-refractivity contribution < 1.29 is 4.74 Å². The van der Waals surface area contributed by atoms with Gasteiger partial charge in [0.05, 0.1) is 0 Å². The van der Waals surface area contributed by atoms with Crippen LogP contribution in [0.4, 0.5) is 0 Å². The lowest BCUT2D eigenvalue weighted by Gasteiger charge is -2.37. The second kappa shape index (κ2) is 7.34. The third-order valence-electron chi connectivity index (χ3n) is 6.17. The number of ether oxygens (including phenoxy) is 1. The van der Waals surface area contributed by atoms with Crippen LogP contribution in [0.3, 0.4) is 0 Å². The fraction of sp³-hybridized carbons (Fsp3) is 0.400. The number of fused-ring (bicyclic) bond motifs is 2. The number of benzene rings is 2. The first-order chi connectivity index (χ1) is 13.0. The maximum Gasteiger partial charge on any atom is 0.194 e. The first-order valence-electron chi connectivity index (χ1n) is 10.2. The van der Waals surface area contributed by atoms with Crippen molar-refractivity contribution in [2.75, 3.05) is 0 Å². The van der Waals surface area contributed by atoms with Crippen LogP contribution in [0.15, 0.2) is 59.4 Å². The molecule has 140 valence electrons. The van der Waals surface area contributed by atoms with Gasteiger partial charge in [0.25, 0.3) is 0 Å². The molecule has 0 aliphatic heterocycles. The number of hydrogen-bond acceptors (Lipinski definition) is 2. The highest BCUT2D eigenvalue weighted by Crippen LogP contribution is 2.37. The molecule has 2 heteroatoms. The monoisotopic (exact) mass is 360 g/mol. The van der Waals surface area contributed by atoms with Crippen LogP contribution in [0.2, 0.25) is 0 Å². The van der Waals surface area contributed by atoms with E-state index < -0.39 is 0 Å². The third-order valence-corrected chi connectivity index (χ3v) is 6.17. The second-order valence-corrected chi connectivity index (χ2v) is 8.45. The zero-order chi connectivity index (χ0) is 19.0. The molecule has 1 aliphatic carbocycles. The predicted octanol–water partition coefficient (Wildman–Crippen LogP) is 6.19. The molecule has 27 heavy (non-hydrogen) atoms. The summed E-state index contributed by atoms with van der Waals surface area (Å²) in [5.74, 6) is 2.68. The fourth-order valence-corrected chi connectivity index (χ4v) is 4.60. The van der Waals surface area contributed by atoms with Gasteiger partial charge in [-0.25, -0.2) is 0 Å². The molecule has 2 nitrogen and oxygen atoms in total. The molecule has 3 atom stereocenters. The predicted molar refractivity (Wildman–Crippen MR) is 113 cm³/mol. The van der Waals surface area contributed by atoms with Gasteiger partial charge in [0, 0.05) is 16.2 Å². The Balaban J connectivity index is 1.90. The van der Waals surface area contributed by atoms with E-state index in [2.05, 4.69) is 26.8 Å². The Morgan fingerprint density at radius 2 is 1.59 bits per heavy atom. The van der Waals surface area contributed by atoms with Gasteiger partial charge in [0.15, 0.2) is 5.43 Å². The van der Waals surface area contributed by atoms with Crippen molar-refractivity contribution in [3.63, 3.8) is 0 Å². The lowest BCUT2D eigenvalue weighted by molar-refractivity contribution is 0.0473. The topological polar surface area (TPSA) is 26.3 Å². The van der Waals surface area contributed by atoms with Gasteiger partial charge < -0.3 is 4.74 Å². The van der Waals surface area contributed by atoms with Crippen molar-refractivity contribution in [1.29, 1.82) is 0 Å². The molecular formula is C25H28O2. The highest BCUT2D eigenvalue weighted by atomic mass is 16.5. The lowest BCUT2D eigenvalue weighted by Crippen LogP contribution is -2.36. The van der Waals surface area contributed by atoms with Crippen molar-refractivity contribution >= 4 is 21.5 Å². The summed E-state index contributed by atoms with van der Waals surface area (Å²) in [6.45, 7) is 6.91. The molecule has 0 bridgehead atoms. The van der Waals surface area contributed by atoms with E-state index >= 15 is 0 Å². The van der Waals surface area contributed by atoms with E-state index in [1.165, 1.54) is 12.8 Å². The average molecular weight is 360 g/mol. The number of rotatable bonds is 3. The molecule has 1 saturated carbocycles. The van der Waals surface area contributed by atoms with Gasteiger partial charge in [0.1, 0.15) is 11.9 Å². The molecule has 3 aromatic rings. The zero-order valence-corrected chi connectivity index (χ0v) is 16.4. The summed E-state index contributed by atoms with van der Waals surface area (Å²) in [6.07, 6.45) is 3.78. The van der Waals surface area contributed by atoms with Crippen LogP contribution in [0.1, 0.15) is 40.0 Å². The van der Waals surface area contributed by atoms with Gasteiger partial charge in [-0.15, -0.1) is 0 Å². The molecule has 4 rings (SSSR count). The molecule has 0 saturated heterocycles. The van der Waals surface area contributed by atoms with Crippen molar-refractivity contribution in [3.8, 4) is 5.75 Å². The summed E-state index contributed by atoms with van der Waals surface area (Å²) >= 11 is 0. The summed E-state index contributed by atoms with van der Waals surface area (Å²) < 4.78 is 6.70. The summed E-state index contributed by atoms with van der Waals surface area (Å²) in [6, 6.07) is 17.7. The summed E-state index contributed by atoms with van der Waals surface area (Å²) in [5.41, 5.74) is 0.0773. The molecule has 0 amide bonds. The van der Waals surface area contributed by atoms with Crippen LogP contribution in [-0.4, -0.2) is 6.10 Å². The van der Waals surface area contributed by atoms with Crippen LogP contribution in [0.25, 0.3) is 21.5 Å². The van der Waals surface area contributed by atoms with E-state index in [1.54, 1.807) is 0 Å². The molecule has 0 aromatic heterocycles. The SMILES string of the molecule is CC1CCC(C(C)C)C(Oc2cc3ccccc3c(=O)c3ccccc23)C1. The minimum Gasteiger partial charge on any atom is -0.489 e. The Bertz CT molecular complexity index is 1020. The Labute approximate surface area is 161 Å². The minimum absolute atomic E-state index is 0.0773. The summed E-state index contributed by atoms with van der Waals surface area (Å²) in [4.78, 5) is 13.1. The van der Waals surface area contributed by atoms with Gasteiger partial charge in [-0.1, -0.05) is 75.7 Å². The smallest absolute Gasteiger partial charge is 0.194 e. The molecular weight excluding hydrogens is 332 g/mol. The summed E-state index contributed by atoms with van der Waals surface area (Å²) in [7, 11) is 0. The standard InChI is InChI=1S/C25H28O2/c1-16(2)19-13-12-17(3)14-23(19)27-24-15-18-8-4-5-9-20(18)25(26)22-11-7-6-10-21(22)24/h4-11,15-17,19,23H,12-14H2,1-3H3. The Morgan fingerprint density at radius 3 is 2.33 bits per heavy atom. The normalized spacial score (nSPS) is 23.0. The molecule has 3 unspecified atom stereocenters. The first-order valence-corrected chi connectivity index (χ1v) is 10.2. The molecule has 0 N–H and O–H groups in total. The van der Waals surface area contributed by atoms with Crippen LogP contribution in [0, 0.1) is 17.8 Å². The highest BCUT2D eigenvalue weighted by molar-refractivity contribution is 5.97. The minimum atomic E-state index is 0.0773. The van der Waals surface area contributed by atoms with E-state index in [-0.39, 0.29) is 11.5 Å². The van der Waals surface area contributed by atoms with Crippen molar-refractivity contribution in [1.82, 2.24) is 0 Å². The molecule has 0 spiro atoms. The van der Waals surface area contributed by atoms with Crippen LogP contribution < -0.4 is 10.2 Å². The average Bonchev–Trinajstić information content (AvgIpc) is 2.78. The zero-order valence-electron chi connectivity index (χ0n) is 16.4. The van der Waals surface area contributed by atoms with Crippen molar-refractivity contribution in [2.45, 2.75) is 46.1 Å². The molecule has 0 heterocycles. The van der Waals surface area contributed by atoms with Crippen molar-refractivity contribution in [3.05, 3.63) is 64.8 Å². The maximum absolute atomic E-state index is 13.1. The van der Waals surface area contributed by atoms with Gasteiger partial charge in [-0.05, 0) is 42.0 Å².